The van der Waals surface area contributed by atoms with Crippen molar-refractivity contribution >= 4 is 5.91 Å². The van der Waals surface area contributed by atoms with E-state index in [1.165, 1.54) is 5.56 Å². The summed E-state index contributed by atoms with van der Waals surface area (Å²) in [5.74, 6) is 0.877. The predicted molar refractivity (Wildman–Crippen MR) is 74.5 cm³/mol. The fraction of sp³-hybridized carbons (Fsp3) is 0.333. The molecule has 100 valence electrons. The number of aromatic amines is 1. The van der Waals surface area contributed by atoms with E-state index in [0.29, 0.717) is 6.42 Å². The maximum atomic E-state index is 11.9. The minimum Gasteiger partial charge on any atom is -0.347 e. The molecule has 2 aromatic rings. The highest BCUT2D eigenvalue weighted by molar-refractivity contribution is 5.76. The lowest BCUT2D eigenvalue weighted by molar-refractivity contribution is -0.121. The third-order valence-electron chi connectivity index (χ3n) is 3.08. The number of aryl methyl sites for hydroxylation is 1. The van der Waals surface area contributed by atoms with E-state index in [-0.39, 0.29) is 11.9 Å². The van der Waals surface area contributed by atoms with Crippen molar-refractivity contribution in [2.24, 2.45) is 0 Å². The molecule has 0 aliphatic heterocycles. The van der Waals surface area contributed by atoms with Gasteiger partial charge in [0.05, 0.1) is 6.04 Å². The fourth-order valence-corrected chi connectivity index (χ4v) is 2.00. The van der Waals surface area contributed by atoms with Gasteiger partial charge in [0.1, 0.15) is 5.82 Å². The molecule has 1 aromatic heterocycles. The van der Waals surface area contributed by atoms with E-state index >= 15 is 0 Å². The quantitative estimate of drug-likeness (QED) is 0.835. The van der Waals surface area contributed by atoms with Crippen LogP contribution in [0.5, 0.6) is 0 Å². The maximum absolute atomic E-state index is 11.9. The van der Waals surface area contributed by atoms with Crippen LogP contribution < -0.4 is 5.32 Å². The number of imidazole rings is 1. The third-order valence-corrected chi connectivity index (χ3v) is 3.08. The molecule has 1 amide bonds. The number of H-pyrrole nitrogens is 1. The lowest BCUT2D eigenvalue weighted by Crippen LogP contribution is -2.29. The number of benzene rings is 1. The van der Waals surface area contributed by atoms with Gasteiger partial charge in [-0.25, -0.2) is 4.98 Å². The molecule has 4 nitrogen and oxygen atoms in total. The normalized spacial score (nSPS) is 12.1. The van der Waals surface area contributed by atoms with Crippen LogP contribution in [-0.2, 0) is 11.2 Å². The first-order valence-corrected chi connectivity index (χ1v) is 6.62. The van der Waals surface area contributed by atoms with Gasteiger partial charge in [0.2, 0.25) is 5.91 Å². The Balaban J connectivity index is 1.84. The lowest BCUT2D eigenvalue weighted by atomic mass is 10.1. The van der Waals surface area contributed by atoms with Gasteiger partial charge in [-0.15, -0.1) is 0 Å². The number of carbonyl (C=O) groups excluding carboxylic acids is 1. The highest BCUT2D eigenvalue weighted by atomic mass is 16.1. The Kier molecular flexibility index (Phi) is 4.72. The molecule has 0 bridgehead atoms. The summed E-state index contributed by atoms with van der Waals surface area (Å²) in [7, 11) is 0. The average molecular weight is 257 g/mol. The molecule has 0 aliphatic rings. The van der Waals surface area contributed by atoms with Gasteiger partial charge >= 0.3 is 0 Å². The van der Waals surface area contributed by atoms with Gasteiger partial charge in [-0.1, -0.05) is 37.3 Å². The first kappa shape index (κ1) is 13.3. The van der Waals surface area contributed by atoms with Gasteiger partial charge in [-0.2, -0.15) is 0 Å². The van der Waals surface area contributed by atoms with Crippen LogP contribution in [0.1, 0.15) is 37.2 Å². The number of nitrogens with one attached hydrogen (secondary N) is 2. The molecule has 1 atom stereocenters. The van der Waals surface area contributed by atoms with Gasteiger partial charge in [0, 0.05) is 18.8 Å². The fourth-order valence-electron chi connectivity index (χ4n) is 2.00. The minimum absolute atomic E-state index is 0.0294. The van der Waals surface area contributed by atoms with E-state index in [9.17, 15) is 4.79 Å². The molecule has 1 aromatic carbocycles. The highest BCUT2D eigenvalue weighted by Crippen LogP contribution is 2.12. The van der Waals surface area contributed by atoms with Gasteiger partial charge < -0.3 is 10.3 Å². The van der Waals surface area contributed by atoms with Crippen molar-refractivity contribution in [1.29, 1.82) is 0 Å². The molecule has 0 saturated heterocycles. The van der Waals surface area contributed by atoms with Crippen molar-refractivity contribution in [2.45, 2.75) is 32.2 Å². The van der Waals surface area contributed by atoms with Crippen LogP contribution in [0.15, 0.2) is 42.7 Å². The Hall–Kier alpha value is -2.10. The zero-order chi connectivity index (χ0) is 13.5. The van der Waals surface area contributed by atoms with Crippen LogP contribution in [-0.4, -0.2) is 15.9 Å². The summed E-state index contributed by atoms with van der Waals surface area (Å²) < 4.78 is 0. The van der Waals surface area contributed by atoms with E-state index in [0.717, 1.165) is 18.7 Å². The highest BCUT2D eigenvalue weighted by Gasteiger charge is 2.14. The molecule has 2 rings (SSSR count). The smallest absolute Gasteiger partial charge is 0.220 e. The van der Waals surface area contributed by atoms with Crippen LogP contribution in [0.4, 0.5) is 0 Å². The van der Waals surface area contributed by atoms with Crippen LogP contribution in [0.3, 0.4) is 0 Å². The number of hydrogen-bond donors (Lipinski definition) is 2. The molecule has 4 heteroatoms. The molecule has 0 saturated carbocycles. The summed E-state index contributed by atoms with van der Waals surface area (Å²) >= 11 is 0. The Morgan fingerprint density at radius 3 is 2.79 bits per heavy atom. The molecule has 0 aliphatic carbocycles. The summed E-state index contributed by atoms with van der Waals surface area (Å²) in [4.78, 5) is 19.2. The second kappa shape index (κ2) is 6.73. The maximum Gasteiger partial charge on any atom is 0.220 e. The van der Waals surface area contributed by atoms with Gasteiger partial charge in [-0.05, 0) is 18.4 Å². The number of carbonyl (C=O) groups is 1. The van der Waals surface area contributed by atoms with E-state index in [1.807, 2.05) is 37.3 Å². The standard InChI is InChI=1S/C15H19N3O/c1-2-13(15-16-10-11-17-15)18-14(19)9-8-12-6-4-3-5-7-12/h3-7,10-11,13H,2,8-9H2,1H3,(H,16,17)(H,18,19). The van der Waals surface area contributed by atoms with Crippen LogP contribution in [0.2, 0.25) is 0 Å². The average Bonchev–Trinajstić information content (AvgIpc) is 2.97. The zero-order valence-corrected chi connectivity index (χ0v) is 11.1. The second-order valence-corrected chi connectivity index (χ2v) is 4.49. The van der Waals surface area contributed by atoms with E-state index in [1.54, 1.807) is 12.4 Å². The summed E-state index contributed by atoms with van der Waals surface area (Å²) in [6, 6.07) is 10.0. The van der Waals surface area contributed by atoms with Crippen molar-refractivity contribution in [3.8, 4) is 0 Å². The van der Waals surface area contributed by atoms with E-state index in [2.05, 4.69) is 15.3 Å². The van der Waals surface area contributed by atoms with E-state index < -0.39 is 0 Å². The molecule has 19 heavy (non-hydrogen) atoms. The van der Waals surface area contributed by atoms with Gasteiger partial charge in [-0.3, -0.25) is 4.79 Å². The summed E-state index contributed by atoms with van der Waals surface area (Å²) in [6.45, 7) is 2.03. The van der Waals surface area contributed by atoms with Crippen LogP contribution >= 0.6 is 0 Å². The van der Waals surface area contributed by atoms with Crippen LogP contribution in [0.25, 0.3) is 0 Å². The molecule has 0 spiro atoms. The number of amides is 1. The van der Waals surface area contributed by atoms with Crippen molar-refractivity contribution < 1.29 is 4.79 Å². The Morgan fingerprint density at radius 1 is 1.37 bits per heavy atom. The van der Waals surface area contributed by atoms with Crippen molar-refractivity contribution in [1.82, 2.24) is 15.3 Å². The number of nitrogens with zero attached hydrogens (tertiary/aromatic N) is 1. The topological polar surface area (TPSA) is 57.8 Å². The summed E-state index contributed by atoms with van der Waals surface area (Å²) in [5, 5.41) is 3.01. The molecular weight excluding hydrogens is 238 g/mol. The zero-order valence-electron chi connectivity index (χ0n) is 11.1. The Labute approximate surface area is 113 Å². The number of hydrogen-bond acceptors (Lipinski definition) is 2. The minimum atomic E-state index is -0.0294. The number of rotatable bonds is 6. The number of aromatic nitrogens is 2. The van der Waals surface area contributed by atoms with Gasteiger partial charge in [0.15, 0.2) is 0 Å². The van der Waals surface area contributed by atoms with Crippen molar-refractivity contribution in [2.75, 3.05) is 0 Å². The van der Waals surface area contributed by atoms with Crippen molar-refractivity contribution in [3.05, 3.63) is 54.1 Å². The molecule has 2 N–H and O–H groups in total. The Morgan fingerprint density at radius 2 is 2.16 bits per heavy atom. The Bertz CT molecular complexity index is 493. The SMILES string of the molecule is CCC(NC(=O)CCc1ccccc1)c1ncc[nH]1. The predicted octanol–water partition coefficient (Wildman–Crippen LogP) is 2.61. The summed E-state index contributed by atoms with van der Waals surface area (Å²) in [5.41, 5.74) is 1.18. The lowest BCUT2D eigenvalue weighted by Gasteiger charge is -2.14. The third kappa shape index (κ3) is 3.95. The first-order chi connectivity index (χ1) is 9.29. The van der Waals surface area contributed by atoms with Gasteiger partial charge in [0.25, 0.3) is 0 Å². The second-order valence-electron chi connectivity index (χ2n) is 4.49. The molecule has 0 fully saturated rings. The summed E-state index contributed by atoms with van der Waals surface area (Å²) in [6.07, 6.45) is 5.56. The first-order valence-electron chi connectivity index (χ1n) is 6.62. The monoisotopic (exact) mass is 257 g/mol. The van der Waals surface area contributed by atoms with Crippen molar-refractivity contribution in [3.63, 3.8) is 0 Å². The molecular formula is C15H19N3O. The van der Waals surface area contributed by atoms with Crippen LogP contribution in [0, 0.1) is 0 Å². The van der Waals surface area contributed by atoms with E-state index in [4.69, 9.17) is 0 Å². The largest absolute Gasteiger partial charge is 0.347 e. The molecule has 0 radical (unpaired) electrons. The molecule has 1 unspecified atom stereocenters. The molecule has 1 heterocycles.